The molecule has 166 valence electrons. The SMILES string of the molecule is CC12CSC1(C)OB(c1ccc(-c3nc(-c4ccccc4)c4oc5ccccc5c4n3)cc1)O2. The predicted molar refractivity (Wildman–Crippen MR) is 137 cm³/mol. The minimum absolute atomic E-state index is 0.234. The summed E-state index contributed by atoms with van der Waals surface area (Å²) in [5.74, 6) is 1.61. The summed E-state index contributed by atoms with van der Waals surface area (Å²) in [6.07, 6.45) is 0. The number of hydrogen-bond donors (Lipinski definition) is 0. The fraction of sp³-hybridized carbons (Fsp3) is 0.185. The molecular formula is C27H21BN2O3S. The van der Waals surface area contributed by atoms with Crippen LogP contribution in [0.5, 0.6) is 0 Å². The van der Waals surface area contributed by atoms with Crippen LogP contribution in [0.4, 0.5) is 0 Å². The molecule has 7 rings (SSSR count). The maximum atomic E-state index is 6.27. The van der Waals surface area contributed by atoms with Gasteiger partial charge in [0.15, 0.2) is 11.4 Å². The Morgan fingerprint density at radius 3 is 2.29 bits per heavy atom. The van der Waals surface area contributed by atoms with Crippen molar-refractivity contribution < 1.29 is 13.7 Å². The Bertz CT molecular complexity index is 1540. The van der Waals surface area contributed by atoms with Gasteiger partial charge >= 0.3 is 7.12 Å². The third kappa shape index (κ3) is 2.91. The fourth-order valence-electron chi connectivity index (χ4n) is 4.68. The van der Waals surface area contributed by atoms with Crippen molar-refractivity contribution in [2.75, 3.05) is 5.75 Å². The summed E-state index contributed by atoms with van der Waals surface area (Å²) in [5.41, 5.74) is 5.81. The smallest absolute Gasteiger partial charge is 0.452 e. The van der Waals surface area contributed by atoms with Gasteiger partial charge in [0.1, 0.15) is 21.7 Å². The molecule has 5 aromatic rings. The third-order valence-corrected chi connectivity index (χ3v) is 8.76. The number of benzene rings is 3. The van der Waals surface area contributed by atoms with Crippen molar-refractivity contribution in [1.29, 1.82) is 0 Å². The third-order valence-electron chi connectivity index (χ3n) is 6.99. The molecule has 2 aromatic heterocycles. The van der Waals surface area contributed by atoms with E-state index in [1.165, 1.54) is 0 Å². The van der Waals surface area contributed by atoms with Gasteiger partial charge in [-0.2, -0.15) is 0 Å². The quantitative estimate of drug-likeness (QED) is 0.321. The summed E-state index contributed by atoms with van der Waals surface area (Å²) in [7, 11) is -0.361. The summed E-state index contributed by atoms with van der Waals surface area (Å²) in [6.45, 7) is 4.24. The van der Waals surface area contributed by atoms with Crippen molar-refractivity contribution in [3.63, 3.8) is 0 Å². The summed E-state index contributed by atoms with van der Waals surface area (Å²) in [4.78, 5) is 9.60. The molecule has 5 nitrogen and oxygen atoms in total. The van der Waals surface area contributed by atoms with E-state index in [0.29, 0.717) is 11.4 Å². The van der Waals surface area contributed by atoms with Gasteiger partial charge in [-0.1, -0.05) is 66.7 Å². The summed E-state index contributed by atoms with van der Waals surface area (Å²) >= 11 is 1.80. The van der Waals surface area contributed by atoms with Gasteiger partial charge in [0.05, 0.1) is 5.60 Å². The minimum Gasteiger partial charge on any atom is -0.452 e. The van der Waals surface area contributed by atoms with E-state index in [0.717, 1.165) is 44.5 Å². The molecule has 0 saturated carbocycles. The molecule has 34 heavy (non-hydrogen) atoms. The van der Waals surface area contributed by atoms with E-state index in [9.17, 15) is 0 Å². The molecule has 2 unspecified atom stereocenters. The molecule has 7 heteroatoms. The Morgan fingerprint density at radius 1 is 0.824 bits per heavy atom. The molecule has 0 N–H and O–H groups in total. The van der Waals surface area contributed by atoms with Gasteiger partial charge < -0.3 is 13.7 Å². The Labute approximate surface area is 201 Å². The first-order valence-electron chi connectivity index (χ1n) is 11.4. The highest BCUT2D eigenvalue weighted by molar-refractivity contribution is 8.02. The minimum atomic E-state index is -0.361. The van der Waals surface area contributed by atoms with E-state index in [4.69, 9.17) is 23.7 Å². The monoisotopic (exact) mass is 464 g/mol. The van der Waals surface area contributed by atoms with Crippen LogP contribution >= 0.6 is 11.8 Å². The molecule has 0 bridgehead atoms. The van der Waals surface area contributed by atoms with Gasteiger partial charge in [0.25, 0.3) is 0 Å². The Kier molecular flexibility index (Phi) is 4.28. The standard InChI is InChI=1S/C27H21BN2O3S/c1-26-16-34-27(26,2)33-28(32-26)19-14-12-18(13-15-19)25-29-22(17-8-4-3-5-9-17)24-23(30-25)20-10-6-7-11-21(20)31-24/h3-15H,16H2,1-2H3. The number of fused-ring (bicyclic) bond motifs is 4. The van der Waals surface area contributed by atoms with Crippen LogP contribution in [0.3, 0.4) is 0 Å². The van der Waals surface area contributed by atoms with E-state index in [1.807, 2.05) is 78.9 Å². The fourth-order valence-corrected chi connectivity index (χ4v) is 5.91. The van der Waals surface area contributed by atoms with Crippen LogP contribution < -0.4 is 5.46 Å². The highest BCUT2D eigenvalue weighted by Gasteiger charge is 2.64. The lowest BCUT2D eigenvalue weighted by Crippen LogP contribution is -2.56. The number of aromatic nitrogens is 2. The van der Waals surface area contributed by atoms with Crippen LogP contribution in [0, 0.1) is 0 Å². The number of hydrogen-bond acceptors (Lipinski definition) is 6. The zero-order chi connectivity index (χ0) is 22.9. The summed E-state index contributed by atoms with van der Waals surface area (Å²) < 4.78 is 18.7. The molecule has 2 aliphatic rings. The topological polar surface area (TPSA) is 57.4 Å². The molecule has 2 saturated heterocycles. The van der Waals surface area contributed by atoms with Crippen LogP contribution in [0.25, 0.3) is 44.7 Å². The van der Waals surface area contributed by atoms with Crippen molar-refractivity contribution >= 4 is 46.4 Å². The number of thioether (sulfide) groups is 1. The van der Waals surface area contributed by atoms with Gasteiger partial charge in [-0.3, -0.25) is 0 Å². The molecule has 0 aliphatic carbocycles. The van der Waals surface area contributed by atoms with Crippen molar-refractivity contribution in [1.82, 2.24) is 9.97 Å². The Hall–Kier alpha value is -3.13. The van der Waals surface area contributed by atoms with Crippen molar-refractivity contribution in [2.24, 2.45) is 0 Å². The lowest BCUT2D eigenvalue weighted by atomic mass is 9.79. The Balaban J connectivity index is 1.33. The van der Waals surface area contributed by atoms with E-state index < -0.39 is 0 Å². The number of furan rings is 1. The van der Waals surface area contributed by atoms with Crippen LogP contribution in [-0.4, -0.2) is 33.4 Å². The first-order chi connectivity index (χ1) is 16.5. The molecule has 2 fully saturated rings. The van der Waals surface area contributed by atoms with Crippen LogP contribution in [0.15, 0.2) is 83.3 Å². The van der Waals surface area contributed by atoms with Crippen LogP contribution in [0.1, 0.15) is 13.8 Å². The number of rotatable bonds is 3. The van der Waals surface area contributed by atoms with Gasteiger partial charge in [0.2, 0.25) is 0 Å². The van der Waals surface area contributed by atoms with E-state index in [2.05, 4.69) is 13.8 Å². The second-order valence-electron chi connectivity index (χ2n) is 9.19. The first kappa shape index (κ1) is 20.3. The highest BCUT2D eigenvalue weighted by Crippen LogP contribution is 2.56. The van der Waals surface area contributed by atoms with E-state index >= 15 is 0 Å². The largest absolute Gasteiger partial charge is 0.495 e. The molecule has 2 aliphatic heterocycles. The average molecular weight is 464 g/mol. The molecule has 2 atom stereocenters. The van der Waals surface area contributed by atoms with Crippen LogP contribution in [-0.2, 0) is 9.31 Å². The van der Waals surface area contributed by atoms with Crippen molar-refractivity contribution in [3.05, 3.63) is 78.9 Å². The predicted octanol–water partition coefficient (Wildman–Crippen LogP) is 5.67. The highest BCUT2D eigenvalue weighted by atomic mass is 32.2. The lowest BCUT2D eigenvalue weighted by Gasteiger charge is -2.48. The zero-order valence-corrected chi connectivity index (χ0v) is 19.6. The normalized spacial score (nSPS) is 23.9. The average Bonchev–Trinajstić information content (AvgIpc) is 3.33. The second kappa shape index (κ2) is 7.19. The molecule has 0 amide bonds. The number of nitrogens with zero attached hydrogens (tertiary/aromatic N) is 2. The molecule has 0 radical (unpaired) electrons. The maximum Gasteiger partial charge on any atom is 0.495 e. The van der Waals surface area contributed by atoms with E-state index in [-0.39, 0.29) is 17.7 Å². The molecule has 3 aromatic carbocycles. The first-order valence-corrected chi connectivity index (χ1v) is 12.4. The van der Waals surface area contributed by atoms with E-state index in [1.54, 1.807) is 11.8 Å². The number of para-hydroxylation sites is 1. The molecule has 4 heterocycles. The summed E-state index contributed by atoms with van der Waals surface area (Å²) in [6, 6.07) is 26.3. The van der Waals surface area contributed by atoms with Crippen molar-refractivity contribution in [2.45, 2.75) is 24.4 Å². The zero-order valence-electron chi connectivity index (χ0n) is 18.8. The van der Waals surface area contributed by atoms with Crippen molar-refractivity contribution in [3.8, 4) is 22.6 Å². The lowest BCUT2D eigenvalue weighted by molar-refractivity contribution is 0.0427. The van der Waals surface area contributed by atoms with Gasteiger partial charge in [-0.15, -0.1) is 11.8 Å². The Morgan fingerprint density at radius 2 is 1.59 bits per heavy atom. The van der Waals surface area contributed by atoms with Crippen LogP contribution in [0.2, 0.25) is 0 Å². The summed E-state index contributed by atoms with van der Waals surface area (Å²) in [5, 5.41) is 0.983. The maximum absolute atomic E-state index is 6.27. The van der Waals surface area contributed by atoms with Gasteiger partial charge in [-0.25, -0.2) is 9.97 Å². The molecular weight excluding hydrogens is 443 g/mol. The van der Waals surface area contributed by atoms with Gasteiger partial charge in [-0.05, 0) is 31.4 Å². The molecule has 0 spiro atoms. The van der Waals surface area contributed by atoms with Gasteiger partial charge in [0, 0.05) is 22.3 Å². The second-order valence-corrected chi connectivity index (χ2v) is 10.5.